The van der Waals surface area contributed by atoms with Gasteiger partial charge in [0.25, 0.3) is 0 Å². The third-order valence-electron chi connectivity index (χ3n) is 3.78. The average Bonchev–Trinajstić information content (AvgIpc) is 2.43. The van der Waals surface area contributed by atoms with Gasteiger partial charge in [-0.2, -0.15) is 0 Å². The lowest BCUT2D eigenvalue weighted by atomic mass is 10.1. The number of aryl methyl sites for hydroxylation is 1. The zero-order chi connectivity index (χ0) is 14.5. The van der Waals surface area contributed by atoms with Gasteiger partial charge in [0.1, 0.15) is 5.75 Å². The van der Waals surface area contributed by atoms with E-state index in [1.165, 1.54) is 0 Å². The Morgan fingerprint density at radius 3 is 3.00 bits per heavy atom. The molecule has 112 valence electrons. The van der Waals surface area contributed by atoms with Crippen LogP contribution in [-0.4, -0.2) is 56.4 Å². The van der Waals surface area contributed by atoms with Crippen LogP contribution in [0.2, 0.25) is 0 Å². The highest BCUT2D eigenvalue weighted by molar-refractivity contribution is 5.41. The molecule has 1 aromatic rings. The summed E-state index contributed by atoms with van der Waals surface area (Å²) in [5.41, 5.74) is 3.32. The summed E-state index contributed by atoms with van der Waals surface area (Å²) in [6, 6.07) is 0. The SMILES string of the molecule is CNCC1CN(Cc2ncc(C)c(OC)c2C)CCO1. The standard InChI is InChI=1S/C15H25N3O2/c1-11-7-17-14(12(2)15(11)19-4)10-18-5-6-20-13(9-18)8-16-3/h7,13,16H,5-6,8-10H2,1-4H3. The summed E-state index contributed by atoms with van der Waals surface area (Å²) in [6.45, 7) is 8.54. The van der Waals surface area contributed by atoms with Crippen LogP contribution in [0.25, 0.3) is 0 Å². The topological polar surface area (TPSA) is 46.6 Å². The van der Waals surface area contributed by atoms with E-state index < -0.39 is 0 Å². The van der Waals surface area contributed by atoms with Crippen LogP contribution < -0.4 is 10.1 Å². The Bertz CT molecular complexity index is 449. The second kappa shape index (κ2) is 7.02. The molecule has 1 fully saturated rings. The van der Waals surface area contributed by atoms with Crippen LogP contribution in [0.3, 0.4) is 0 Å². The summed E-state index contributed by atoms with van der Waals surface area (Å²) in [7, 11) is 3.68. The van der Waals surface area contributed by atoms with Crippen molar-refractivity contribution in [3.05, 3.63) is 23.0 Å². The molecule has 0 bridgehead atoms. The first-order valence-electron chi connectivity index (χ1n) is 7.13. The molecule has 20 heavy (non-hydrogen) atoms. The van der Waals surface area contributed by atoms with Gasteiger partial charge in [0.05, 0.1) is 25.5 Å². The first-order valence-corrected chi connectivity index (χ1v) is 7.13. The monoisotopic (exact) mass is 279 g/mol. The summed E-state index contributed by atoms with van der Waals surface area (Å²) in [5.74, 6) is 0.954. The Kier molecular flexibility index (Phi) is 5.34. The molecule has 0 saturated carbocycles. The fraction of sp³-hybridized carbons (Fsp3) is 0.667. The van der Waals surface area contributed by atoms with E-state index in [4.69, 9.17) is 9.47 Å². The number of ether oxygens (including phenoxy) is 2. The van der Waals surface area contributed by atoms with Crippen molar-refractivity contribution >= 4 is 0 Å². The summed E-state index contributed by atoms with van der Waals surface area (Å²) in [6.07, 6.45) is 2.16. The van der Waals surface area contributed by atoms with Crippen molar-refractivity contribution in [2.45, 2.75) is 26.5 Å². The quantitative estimate of drug-likeness (QED) is 0.875. The van der Waals surface area contributed by atoms with Gasteiger partial charge in [-0.15, -0.1) is 0 Å². The highest BCUT2D eigenvalue weighted by Crippen LogP contribution is 2.25. The number of aromatic nitrogens is 1. The van der Waals surface area contributed by atoms with Crippen LogP contribution >= 0.6 is 0 Å². The van der Waals surface area contributed by atoms with Crippen molar-refractivity contribution in [1.82, 2.24) is 15.2 Å². The molecule has 0 aliphatic carbocycles. The number of likely N-dealkylation sites (N-methyl/N-ethyl adjacent to an activating group) is 1. The molecular formula is C15H25N3O2. The summed E-state index contributed by atoms with van der Waals surface area (Å²) >= 11 is 0. The van der Waals surface area contributed by atoms with Crippen molar-refractivity contribution < 1.29 is 9.47 Å². The van der Waals surface area contributed by atoms with E-state index in [2.05, 4.69) is 22.1 Å². The largest absolute Gasteiger partial charge is 0.496 e. The fourth-order valence-corrected chi connectivity index (χ4v) is 2.72. The highest BCUT2D eigenvalue weighted by atomic mass is 16.5. The maximum atomic E-state index is 5.73. The van der Waals surface area contributed by atoms with Crippen molar-refractivity contribution in [2.75, 3.05) is 40.4 Å². The number of nitrogens with zero attached hydrogens (tertiary/aromatic N) is 2. The summed E-state index contributed by atoms with van der Waals surface area (Å²) in [4.78, 5) is 6.97. The molecule has 2 rings (SSSR count). The molecule has 0 amide bonds. The number of nitrogens with one attached hydrogen (secondary N) is 1. The number of hydrogen-bond acceptors (Lipinski definition) is 5. The molecule has 0 spiro atoms. The summed E-state index contributed by atoms with van der Waals surface area (Å²) < 4.78 is 11.2. The van der Waals surface area contributed by atoms with Crippen LogP contribution in [0.1, 0.15) is 16.8 Å². The average molecular weight is 279 g/mol. The molecule has 0 aromatic carbocycles. The highest BCUT2D eigenvalue weighted by Gasteiger charge is 2.21. The lowest BCUT2D eigenvalue weighted by Crippen LogP contribution is -2.45. The Balaban J connectivity index is 2.06. The molecule has 1 saturated heterocycles. The van der Waals surface area contributed by atoms with E-state index in [9.17, 15) is 0 Å². The second-order valence-electron chi connectivity index (χ2n) is 5.33. The lowest BCUT2D eigenvalue weighted by molar-refractivity contribution is -0.0295. The Labute approximate surface area is 121 Å². The number of methoxy groups -OCH3 is 1. The van der Waals surface area contributed by atoms with Crippen LogP contribution in [0.5, 0.6) is 5.75 Å². The molecule has 1 aromatic heterocycles. The lowest BCUT2D eigenvalue weighted by Gasteiger charge is -2.33. The van der Waals surface area contributed by atoms with Crippen LogP contribution in [0.15, 0.2) is 6.20 Å². The Hall–Kier alpha value is -1.17. The van der Waals surface area contributed by atoms with Crippen LogP contribution in [0.4, 0.5) is 0 Å². The Morgan fingerprint density at radius 2 is 2.30 bits per heavy atom. The molecule has 1 atom stereocenters. The normalized spacial score (nSPS) is 20.1. The van der Waals surface area contributed by atoms with Crippen LogP contribution in [-0.2, 0) is 11.3 Å². The van der Waals surface area contributed by atoms with Crippen molar-refractivity contribution in [2.24, 2.45) is 0 Å². The third kappa shape index (κ3) is 3.48. The second-order valence-corrected chi connectivity index (χ2v) is 5.33. The maximum Gasteiger partial charge on any atom is 0.128 e. The molecule has 1 aliphatic rings. The van der Waals surface area contributed by atoms with E-state index in [1.54, 1.807) is 7.11 Å². The van der Waals surface area contributed by atoms with Gasteiger partial charge >= 0.3 is 0 Å². The molecule has 1 unspecified atom stereocenters. The molecule has 5 nitrogen and oxygen atoms in total. The zero-order valence-corrected chi connectivity index (χ0v) is 12.9. The van der Waals surface area contributed by atoms with E-state index >= 15 is 0 Å². The molecule has 1 aliphatic heterocycles. The number of rotatable bonds is 5. The minimum absolute atomic E-state index is 0.265. The van der Waals surface area contributed by atoms with Crippen molar-refractivity contribution in [1.29, 1.82) is 0 Å². The predicted octanol–water partition coefficient (Wildman–Crippen LogP) is 1.13. The first kappa shape index (κ1) is 15.2. The van der Waals surface area contributed by atoms with E-state index in [-0.39, 0.29) is 6.10 Å². The Morgan fingerprint density at radius 1 is 1.50 bits per heavy atom. The number of hydrogen-bond donors (Lipinski definition) is 1. The van der Waals surface area contributed by atoms with E-state index in [0.717, 1.165) is 55.4 Å². The van der Waals surface area contributed by atoms with Gasteiger partial charge in [0.15, 0.2) is 0 Å². The summed E-state index contributed by atoms with van der Waals surface area (Å²) in [5, 5.41) is 3.17. The van der Waals surface area contributed by atoms with Gasteiger partial charge in [-0.3, -0.25) is 9.88 Å². The van der Waals surface area contributed by atoms with Gasteiger partial charge < -0.3 is 14.8 Å². The van der Waals surface area contributed by atoms with Gasteiger partial charge in [0, 0.05) is 43.5 Å². The fourth-order valence-electron chi connectivity index (χ4n) is 2.72. The number of pyridine rings is 1. The molecule has 0 radical (unpaired) electrons. The first-order chi connectivity index (χ1) is 9.65. The molecular weight excluding hydrogens is 254 g/mol. The van der Waals surface area contributed by atoms with Gasteiger partial charge in [-0.25, -0.2) is 0 Å². The number of morpholine rings is 1. The minimum atomic E-state index is 0.265. The third-order valence-corrected chi connectivity index (χ3v) is 3.78. The minimum Gasteiger partial charge on any atom is -0.496 e. The van der Waals surface area contributed by atoms with Crippen molar-refractivity contribution in [3.63, 3.8) is 0 Å². The van der Waals surface area contributed by atoms with E-state index in [1.807, 2.05) is 20.2 Å². The van der Waals surface area contributed by atoms with Crippen LogP contribution in [0, 0.1) is 13.8 Å². The van der Waals surface area contributed by atoms with Crippen molar-refractivity contribution in [3.8, 4) is 5.75 Å². The predicted molar refractivity (Wildman–Crippen MR) is 79.2 cm³/mol. The molecule has 1 N–H and O–H groups in total. The smallest absolute Gasteiger partial charge is 0.128 e. The van der Waals surface area contributed by atoms with Gasteiger partial charge in [-0.1, -0.05) is 0 Å². The van der Waals surface area contributed by atoms with E-state index in [0.29, 0.717) is 0 Å². The van der Waals surface area contributed by atoms with Gasteiger partial charge in [-0.05, 0) is 20.9 Å². The maximum absolute atomic E-state index is 5.73. The van der Waals surface area contributed by atoms with Gasteiger partial charge in [0.2, 0.25) is 0 Å². The molecule has 2 heterocycles. The zero-order valence-electron chi connectivity index (χ0n) is 12.9. The molecule has 5 heteroatoms.